The molecule has 11 heteroatoms. The molecular weight excluding hydrogens is 639 g/mol. The van der Waals surface area contributed by atoms with Crippen LogP contribution in [-0.2, 0) is 32.5 Å². The van der Waals surface area contributed by atoms with E-state index in [0.717, 1.165) is 62.5 Å². The van der Waals surface area contributed by atoms with E-state index in [4.69, 9.17) is 37.4 Å². The van der Waals surface area contributed by atoms with E-state index in [-0.39, 0.29) is 30.1 Å². The van der Waals surface area contributed by atoms with E-state index in [0.29, 0.717) is 39.8 Å². The Balaban J connectivity index is 1.34. The third-order valence-corrected chi connectivity index (χ3v) is 10.8. The Kier molecular flexibility index (Phi) is 10.4. The van der Waals surface area contributed by atoms with E-state index in [2.05, 4.69) is 17.1 Å². The number of likely N-dealkylation sites (tertiary alicyclic amines) is 2. The van der Waals surface area contributed by atoms with Gasteiger partial charge in [0.1, 0.15) is 0 Å². The molecule has 9 nitrogen and oxygen atoms in total. The number of nitrogens with zero attached hydrogens (tertiary/aromatic N) is 3. The molecule has 1 amide bonds. The van der Waals surface area contributed by atoms with Crippen LogP contribution in [0.2, 0.25) is 10.0 Å². The fourth-order valence-electron chi connectivity index (χ4n) is 7.85. The highest BCUT2D eigenvalue weighted by atomic mass is 35.5. The van der Waals surface area contributed by atoms with Gasteiger partial charge < -0.3 is 24.1 Å². The molecule has 1 aliphatic carbocycles. The number of hydrogen-bond acceptors (Lipinski definition) is 7. The number of para-hydroxylation sites is 1. The van der Waals surface area contributed by atoms with Gasteiger partial charge in [0.25, 0.3) is 5.91 Å². The lowest BCUT2D eigenvalue weighted by Crippen LogP contribution is -2.72. The molecule has 0 spiro atoms. The number of nitrogens with one attached hydrogen (secondary N) is 1. The molecule has 3 fully saturated rings. The molecule has 47 heavy (non-hydrogen) atoms. The maximum atomic E-state index is 15.1. The Morgan fingerprint density at radius 3 is 2.40 bits per heavy atom. The maximum absolute atomic E-state index is 15.1. The van der Waals surface area contributed by atoms with Gasteiger partial charge in [0, 0.05) is 75.9 Å². The molecule has 3 aromatic rings. The Morgan fingerprint density at radius 2 is 1.70 bits per heavy atom. The molecule has 3 heterocycles. The highest BCUT2D eigenvalue weighted by molar-refractivity contribution is 6.36. The quantitative estimate of drug-likeness (QED) is 0.213. The predicted molar refractivity (Wildman–Crippen MR) is 185 cm³/mol. The van der Waals surface area contributed by atoms with Gasteiger partial charge in [0.05, 0.1) is 22.4 Å². The van der Waals surface area contributed by atoms with Gasteiger partial charge in [-0.2, -0.15) is 0 Å². The van der Waals surface area contributed by atoms with Crippen molar-refractivity contribution in [1.29, 1.82) is 0 Å². The van der Waals surface area contributed by atoms with Crippen molar-refractivity contribution >= 4 is 51.5 Å². The fourth-order valence-corrected chi connectivity index (χ4v) is 8.31. The van der Waals surface area contributed by atoms with E-state index < -0.39 is 11.8 Å². The molecule has 254 valence electrons. The second kappa shape index (κ2) is 14.2. The number of Topliss-reactive ketones (excluding diaryl/α,β-unsaturated/α-hetero) is 1. The second-order valence-corrected chi connectivity index (χ2v) is 14.2. The molecular formula is C36H46Cl2N4O5. The first kappa shape index (κ1) is 34.4. The summed E-state index contributed by atoms with van der Waals surface area (Å²) in [5.41, 5.74) is 2.42. The number of ketones is 1. The molecule has 2 aliphatic heterocycles. The van der Waals surface area contributed by atoms with Crippen molar-refractivity contribution in [3.05, 3.63) is 63.8 Å². The van der Waals surface area contributed by atoms with Gasteiger partial charge in [-0.15, -0.1) is 0 Å². The molecule has 2 unspecified atom stereocenters. The van der Waals surface area contributed by atoms with E-state index in [9.17, 15) is 4.79 Å². The molecule has 1 aromatic heterocycles. The molecule has 1 N–H and O–H groups in total. The average molecular weight is 686 g/mol. The second-order valence-electron chi connectivity index (χ2n) is 13.4. The predicted octanol–water partition coefficient (Wildman–Crippen LogP) is 7.24. The number of hydrogen-bond donors (Lipinski definition) is 1. The molecule has 3 aliphatic rings. The van der Waals surface area contributed by atoms with Gasteiger partial charge in [-0.05, 0) is 55.4 Å². The average Bonchev–Trinajstić information content (AvgIpc) is 3.81. The van der Waals surface area contributed by atoms with Crippen molar-refractivity contribution in [3.63, 3.8) is 0 Å². The SMILES string of the molecule is COC1(OC)CC(C)CN1C(OC1CCCCC1)(C(=O)Cc1cc(Cl)c(NC(=O)c2cn(C)c3ccccc23)cc1Cl)N1CCCC1. The number of rotatable bonds is 11. The number of ether oxygens (including phenoxy) is 3. The Labute approximate surface area is 287 Å². The number of amides is 1. The van der Waals surface area contributed by atoms with Crippen LogP contribution < -0.4 is 5.32 Å². The number of halogens is 2. The number of anilines is 1. The zero-order valence-electron chi connectivity index (χ0n) is 27.8. The highest BCUT2D eigenvalue weighted by Crippen LogP contribution is 2.45. The topological polar surface area (TPSA) is 85.3 Å². The van der Waals surface area contributed by atoms with Crippen LogP contribution in [0, 0.1) is 5.92 Å². The molecule has 0 bridgehead atoms. The Hall–Kier alpha value is -2.50. The van der Waals surface area contributed by atoms with E-state index in [1.165, 1.54) is 6.42 Å². The molecule has 2 saturated heterocycles. The number of benzene rings is 2. The Bertz CT molecular complexity index is 1610. The summed E-state index contributed by atoms with van der Waals surface area (Å²) in [5, 5.41) is 4.40. The number of aromatic nitrogens is 1. The number of aryl methyl sites for hydroxylation is 1. The zero-order valence-corrected chi connectivity index (χ0v) is 29.3. The minimum absolute atomic E-state index is 0.0201. The number of methoxy groups -OCH3 is 2. The summed E-state index contributed by atoms with van der Waals surface area (Å²) in [6, 6.07) is 11.0. The summed E-state index contributed by atoms with van der Waals surface area (Å²) in [4.78, 5) is 32.7. The zero-order chi connectivity index (χ0) is 33.3. The first-order valence-electron chi connectivity index (χ1n) is 16.8. The number of carbonyl (C=O) groups is 2. The normalized spacial score (nSPS) is 22.1. The van der Waals surface area contributed by atoms with E-state index >= 15 is 4.79 Å². The van der Waals surface area contributed by atoms with Crippen LogP contribution in [0.25, 0.3) is 10.9 Å². The Morgan fingerprint density at radius 1 is 1.00 bits per heavy atom. The smallest absolute Gasteiger partial charge is 0.257 e. The summed E-state index contributed by atoms with van der Waals surface area (Å²) in [7, 11) is 5.17. The number of carbonyl (C=O) groups excluding carboxylic acids is 2. The van der Waals surface area contributed by atoms with E-state index in [1.54, 1.807) is 32.5 Å². The number of fused-ring (bicyclic) bond motifs is 1. The molecule has 6 rings (SSSR count). The van der Waals surface area contributed by atoms with Crippen molar-refractivity contribution in [2.75, 3.05) is 39.2 Å². The van der Waals surface area contributed by atoms with Crippen LogP contribution in [0.5, 0.6) is 0 Å². The third-order valence-electron chi connectivity index (χ3n) is 10.2. The van der Waals surface area contributed by atoms with Crippen LogP contribution in [0.4, 0.5) is 5.69 Å². The minimum atomic E-state index is -1.41. The lowest BCUT2D eigenvalue weighted by Gasteiger charge is -2.52. The molecule has 2 atom stereocenters. The summed E-state index contributed by atoms with van der Waals surface area (Å²) < 4.78 is 21.2. The molecule has 2 aromatic carbocycles. The largest absolute Gasteiger partial charge is 0.350 e. The van der Waals surface area contributed by atoms with Crippen molar-refractivity contribution in [1.82, 2.24) is 14.4 Å². The van der Waals surface area contributed by atoms with Crippen LogP contribution in [0.15, 0.2) is 42.6 Å². The maximum Gasteiger partial charge on any atom is 0.257 e. The van der Waals surface area contributed by atoms with Crippen molar-refractivity contribution < 1.29 is 23.8 Å². The standard InChI is InChI=1S/C36H46Cl2N4O5/c1-24-21-35(45-3,46-4)42(22-24)36(41-16-10-11-17-41,47-26-12-6-5-7-13-26)33(43)19-25-18-30(38)31(20-29(25)37)39-34(44)28-23-40(2)32-15-9-8-14-27(28)32/h8-9,14-15,18,20,23-24,26H,5-7,10-13,16-17,19,21-22H2,1-4H3,(H,39,44). The van der Waals surface area contributed by atoms with Crippen LogP contribution in [-0.4, -0.2) is 77.8 Å². The van der Waals surface area contributed by atoms with Crippen LogP contribution in [0.3, 0.4) is 0 Å². The van der Waals surface area contributed by atoms with Crippen molar-refractivity contribution in [2.24, 2.45) is 13.0 Å². The van der Waals surface area contributed by atoms with Gasteiger partial charge >= 0.3 is 0 Å². The lowest BCUT2D eigenvalue weighted by atomic mass is 9.96. The summed E-state index contributed by atoms with van der Waals surface area (Å²) in [6.45, 7) is 4.17. The van der Waals surface area contributed by atoms with Gasteiger partial charge in [-0.3, -0.25) is 14.5 Å². The van der Waals surface area contributed by atoms with E-state index in [1.807, 2.05) is 40.8 Å². The van der Waals surface area contributed by atoms with Gasteiger partial charge in [0.15, 0.2) is 5.78 Å². The van der Waals surface area contributed by atoms with Gasteiger partial charge in [-0.1, -0.05) is 67.6 Å². The lowest BCUT2D eigenvalue weighted by molar-refractivity contribution is -0.364. The third kappa shape index (κ3) is 6.48. The summed E-state index contributed by atoms with van der Waals surface area (Å²) >= 11 is 13.7. The van der Waals surface area contributed by atoms with Crippen LogP contribution >= 0.6 is 23.2 Å². The van der Waals surface area contributed by atoms with Gasteiger partial charge in [-0.25, -0.2) is 4.90 Å². The fraction of sp³-hybridized carbons (Fsp3) is 0.556. The minimum Gasteiger partial charge on any atom is -0.350 e. The van der Waals surface area contributed by atoms with Crippen molar-refractivity contribution in [3.8, 4) is 0 Å². The molecule has 0 radical (unpaired) electrons. The summed E-state index contributed by atoms with van der Waals surface area (Å²) in [6.07, 6.45) is 9.36. The summed E-state index contributed by atoms with van der Waals surface area (Å²) in [5.74, 6) is -2.75. The van der Waals surface area contributed by atoms with Crippen molar-refractivity contribution in [2.45, 2.75) is 82.6 Å². The van der Waals surface area contributed by atoms with Crippen LogP contribution in [0.1, 0.15) is 74.2 Å². The first-order chi connectivity index (χ1) is 22.6. The first-order valence-corrected chi connectivity index (χ1v) is 17.5. The van der Waals surface area contributed by atoms with Gasteiger partial charge in [0.2, 0.25) is 11.8 Å². The molecule has 1 saturated carbocycles. The monoisotopic (exact) mass is 684 g/mol. The highest BCUT2D eigenvalue weighted by Gasteiger charge is 2.62.